The number of nitrogens with zero attached hydrogens (tertiary/aromatic N) is 1. The molecule has 0 atom stereocenters. The molecule has 152 valence electrons. The van der Waals surface area contributed by atoms with E-state index in [2.05, 4.69) is 5.32 Å². The molecule has 2 aromatic carbocycles. The van der Waals surface area contributed by atoms with Crippen LogP contribution >= 0.6 is 0 Å². The second-order valence-corrected chi connectivity index (χ2v) is 6.89. The molecular formula is C22H24N2O5. The Morgan fingerprint density at radius 3 is 2.45 bits per heavy atom. The van der Waals surface area contributed by atoms with Gasteiger partial charge in [-0.25, -0.2) is 9.59 Å². The van der Waals surface area contributed by atoms with Crippen molar-refractivity contribution in [1.82, 2.24) is 4.90 Å². The number of ether oxygens (including phenoxy) is 3. The second-order valence-electron chi connectivity index (χ2n) is 6.89. The summed E-state index contributed by atoms with van der Waals surface area (Å²) < 4.78 is 16.0. The number of nitrogens with one attached hydrogen (secondary N) is 1. The zero-order valence-electron chi connectivity index (χ0n) is 16.9. The van der Waals surface area contributed by atoms with E-state index in [9.17, 15) is 9.59 Å². The van der Waals surface area contributed by atoms with E-state index >= 15 is 0 Å². The zero-order chi connectivity index (χ0) is 21.0. The zero-order valence-corrected chi connectivity index (χ0v) is 16.9. The molecule has 0 saturated heterocycles. The third-order valence-corrected chi connectivity index (χ3v) is 4.51. The third-order valence-electron chi connectivity index (χ3n) is 4.51. The molecule has 0 unspecified atom stereocenters. The maximum atomic E-state index is 12.9. The summed E-state index contributed by atoms with van der Waals surface area (Å²) in [6.45, 7) is 4.25. The van der Waals surface area contributed by atoms with Crippen molar-refractivity contribution in [2.45, 2.75) is 20.4 Å². The van der Waals surface area contributed by atoms with Crippen molar-refractivity contribution in [1.29, 1.82) is 0 Å². The minimum absolute atomic E-state index is 0.0408. The maximum Gasteiger partial charge on any atom is 0.337 e. The van der Waals surface area contributed by atoms with Crippen molar-refractivity contribution in [3.8, 4) is 11.5 Å². The van der Waals surface area contributed by atoms with E-state index in [0.29, 0.717) is 35.1 Å². The largest absolute Gasteiger partial charge is 0.497 e. The summed E-state index contributed by atoms with van der Waals surface area (Å²) in [6, 6.07) is 11.9. The molecule has 0 saturated carbocycles. The molecule has 2 aromatic rings. The summed E-state index contributed by atoms with van der Waals surface area (Å²) in [4.78, 5) is 26.3. The molecule has 29 heavy (non-hydrogen) atoms. The summed E-state index contributed by atoms with van der Waals surface area (Å²) in [5.41, 5.74) is 1.83. The van der Waals surface area contributed by atoms with Crippen LogP contribution in [0.4, 0.5) is 10.5 Å². The van der Waals surface area contributed by atoms with Crippen LogP contribution in [0.2, 0.25) is 0 Å². The van der Waals surface area contributed by atoms with Crippen LogP contribution in [-0.4, -0.2) is 31.1 Å². The Labute approximate surface area is 169 Å². The van der Waals surface area contributed by atoms with Crippen molar-refractivity contribution in [2.75, 3.05) is 19.5 Å². The van der Waals surface area contributed by atoms with Crippen LogP contribution in [0.25, 0.3) is 0 Å². The molecule has 7 heteroatoms. The van der Waals surface area contributed by atoms with Crippen molar-refractivity contribution >= 4 is 17.7 Å². The summed E-state index contributed by atoms with van der Waals surface area (Å²) >= 11 is 0. The van der Waals surface area contributed by atoms with Gasteiger partial charge in [-0.2, -0.15) is 0 Å². The highest BCUT2D eigenvalue weighted by Crippen LogP contribution is 2.30. The first-order valence-corrected chi connectivity index (χ1v) is 9.23. The van der Waals surface area contributed by atoms with Gasteiger partial charge in [-0.1, -0.05) is 19.9 Å². The molecule has 7 nitrogen and oxygen atoms in total. The Balaban J connectivity index is 1.87. The average molecular weight is 396 g/mol. The number of urea groups is 1. The van der Waals surface area contributed by atoms with Crippen molar-refractivity contribution in [2.24, 2.45) is 5.92 Å². The Morgan fingerprint density at radius 1 is 1.10 bits per heavy atom. The summed E-state index contributed by atoms with van der Waals surface area (Å²) in [7, 11) is 2.92. The first kappa shape index (κ1) is 20.3. The van der Waals surface area contributed by atoms with Gasteiger partial charge in [0.1, 0.15) is 17.3 Å². The van der Waals surface area contributed by atoms with Crippen LogP contribution in [0.1, 0.15) is 29.8 Å². The molecule has 0 aliphatic carbocycles. The predicted molar refractivity (Wildman–Crippen MR) is 109 cm³/mol. The Kier molecular flexibility index (Phi) is 6.07. The molecule has 1 N–H and O–H groups in total. The SMILES string of the molecule is COC(=O)c1ccc2c(c1)OC(C(C)C)=CN(C(=O)Nc1ccc(OC)cc1)C2. The van der Waals surface area contributed by atoms with Crippen LogP contribution < -0.4 is 14.8 Å². The van der Waals surface area contributed by atoms with Crippen molar-refractivity contribution in [3.05, 3.63) is 65.6 Å². The number of hydrogen-bond donors (Lipinski definition) is 1. The number of fused-ring (bicyclic) bond motifs is 1. The van der Waals surface area contributed by atoms with E-state index in [0.717, 1.165) is 5.56 Å². The number of amides is 2. The Bertz CT molecular complexity index is 935. The van der Waals surface area contributed by atoms with E-state index in [1.165, 1.54) is 7.11 Å². The fraction of sp³-hybridized carbons (Fsp3) is 0.273. The van der Waals surface area contributed by atoms with Gasteiger partial charge < -0.3 is 19.5 Å². The van der Waals surface area contributed by atoms with Crippen molar-refractivity contribution < 1.29 is 23.8 Å². The van der Waals surface area contributed by atoms with Gasteiger partial charge in [0.25, 0.3) is 0 Å². The molecule has 1 aliphatic rings. The summed E-state index contributed by atoms with van der Waals surface area (Å²) in [5, 5.41) is 2.88. The van der Waals surface area contributed by atoms with Crippen LogP contribution in [-0.2, 0) is 11.3 Å². The average Bonchev–Trinajstić information content (AvgIpc) is 2.93. The van der Waals surface area contributed by atoms with E-state index < -0.39 is 5.97 Å². The number of rotatable bonds is 4. The first-order chi connectivity index (χ1) is 13.9. The molecule has 0 fully saturated rings. The lowest BCUT2D eigenvalue weighted by molar-refractivity contribution is 0.0600. The van der Waals surface area contributed by atoms with E-state index in [1.54, 1.807) is 60.7 Å². The lowest BCUT2D eigenvalue weighted by atomic mass is 10.1. The number of allylic oxidation sites excluding steroid dienone is 1. The van der Waals surface area contributed by atoms with E-state index in [-0.39, 0.29) is 11.9 Å². The number of carbonyl (C=O) groups excluding carboxylic acids is 2. The predicted octanol–water partition coefficient (Wildman–Crippen LogP) is 4.41. The van der Waals surface area contributed by atoms with Crippen LogP contribution in [0, 0.1) is 5.92 Å². The molecule has 0 radical (unpaired) electrons. The second kappa shape index (κ2) is 8.68. The number of benzene rings is 2. The molecule has 3 rings (SSSR count). The molecule has 0 spiro atoms. The monoisotopic (exact) mass is 396 g/mol. The molecule has 0 bridgehead atoms. The lowest BCUT2D eigenvalue weighted by Crippen LogP contribution is -2.30. The first-order valence-electron chi connectivity index (χ1n) is 9.23. The molecular weight excluding hydrogens is 372 g/mol. The van der Waals surface area contributed by atoms with Gasteiger partial charge in [-0.15, -0.1) is 0 Å². The maximum absolute atomic E-state index is 12.9. The van der Waals surface area contributed by atoms with Crippen LogP contribution in [0.3, 0.4) is 0 Å². The summed E-state index contributed by atoms with van der Waals surface area (Å²) in [5.74, 6) is 1.47. The topological polar surface area (TPSA) is 77.1 Å². The minimum Gasteiger partial charge on any atom is -0.497 e. The van der Waals surface area contributed by atoms with Gasteiger partial charge in [-0.3, -0.25) is 4.90 Å². The van der Waals surface area contributed by atoms with Gasteiger partial charge in [0.15, 0.2) is 0 Å². The standard InChI is InChI=1S/C22H24N2O5/c1-14(2)20-13-24(22(26)23-17-7-9-18(27-3)10-8-17)12-16-6-5-15(21(25)28-4)11-19(16)29-20/h5-11,13-14H,12H2,1-4H3,(H,23,26). The molecule has 0 aromatic heterocycles. The van der Waals surface area contributed by atoms with Gasteiger partial charge in [0, 0.05) is 23.4 Å². The lowest BCUT2D eigenvalue weighted by Gasteiger charge is -2.19. The number of hydrogen-bond acceptors (Lipinski definition) is 5. The van der Waals surface area contributed by atoms with Crippen LogP contribution in [0.15, 0.2) is 54.4 Å². The fourth-order valence-corrected chi connectivity index (χ4v) is 2.83. The molecule has 1 aliphatic heterocycles. The van der Waals surface area contributed by atoms with Gasteiger partial charge in [-0.05, 0) is 36.4 Å². The molecule has 1 heterocycles. The highest BCUT2D eigenvalue weighted by atomic mass is 16.5. The van der Waals surface area contributed by atoms with E-state index in [1.807, 2.05) is 13.8 Å². The minimum atomic E-state index is -0.440. The van der Waals surface area contributed by atoms with Gasteiger partial charge in [0.05, 0.1) is 26.3 Å². The number of anilines is 1. The van der Waals surface area contributed by atoms with Gasteiger partial charge in [0.2, 0.25) is 0 Å². The summed E-state index contributed by atoms with van der Waals surface area (Å²) in [6.07, 6.45) is 1.70. The number of esters is 1. The normalized spacial score (nSPS) is 13.0. The van der Waals surface area contributed by atoms with E-state index in [4.69, 9.17) is 14.2 Å². The van der Waals surface area contributed by atoms with Crippen LogP contribution in [0.5, 0.6) is 11.5 Å². The van der Waals surface area contributed by atoms with Gasteiger partial charge >= 0.3 is 12.0 Å². The smallest absolute Gasteiger partial charge is 0.337 e. The third kappa shape index (κ3) is 4.68. The quantitative estimate of drug-likeness (QED) is 0.775. The highest BCUT2D eigenvalue weighted by molar-refractivity contribution is 5.91. The number of carbonyl (C=O) groups is 2. The number of methoxy groups -OCH3 is 2. The Hall–Kier alpha value is -3.48. The highest BCUT2D eigenvalue weighted by Gasteiger charge is 2.23. The van der Waals surface area contributed by atoms with Crippen molar-refractivity contribution in [3.63, 3.8) is 0 Å². The Morgan fingerprint density at radius 2 is 1.83 bits per heavy atom. The fourth-order valence-electron chi connectivity index (χ4n) is 2.83. The molecule has 2 amide bonds.